The van der Waals surface area contributed by atoms with Crippen LogP contribution in [0.3, 0.4) is 0 Å². The first-order chi connectivity index (χ1) is 14.6. The number of ether oxygens (including phenoxy) is 1. The number of halogens is 1. The molecule has 3 rings (SSSR count). The Morgan fingerprint density at radius 1 is 1.10 bits per heavy atom. The minimum Gasteiger partial charge on any atom is -0.380 e. The van der Waals surface area contributed by atoms with Crippen molar-refractivity contribution in [3.8, 4) is 0 Å². The molecule has 0 bridgehead atoms. The van der Waals surface area contributed by atoms with Gasteiger partial charge in [-0.3, -0.25) is 14.7 Å². The van der Waals surface area contributed by atoms with Crippen LogP contribution < -0.4 is 5.32 Å². The van der Waals surface area contributed by atoms with E-state index in [1.807, 2.05) is 11.0 Å². The molecule has 1 aromatic carbocycles. The van der Waals surface area contributed by atoms with Crippen LogP contribution in [-0.2, 0) is 22.7 Å². The zero-order valence-corrected chi connectivity index (χ0v) is 18.2. The fraction of sp³-hybridized carbons (Fsp3) is 0.636. The number of likely N-dealkylation sites (tertiary alicyclic amines) is 1. The van der Waals surface area contributed by atoms with Crippen molar-refractivity contribution in [2.75, 3.05) is 60.0 Å². The Morgan fingerprint density at radius 2 is 1.83 bits per heavy atom. The van der Waals surface area contributed by atoms with Crippen LogP contribution in [0.4, 0.5) is 4.39 Å². The zero-order chi connectivity index (χ0) is 21.3. The molecular formula is C22H34FN5O2. The topological polar surface area (TPSA) is 60.4 Å². The lowest BCUT2D eigenvalue weighted by Gasteiger charge is -2.37. The Balaban J connectivity index is 1.45. The summed E-state index contributed by atoms with van der Waals surface area (Å²) in [5.74, 6) is 0.837. The summed E-state index contributed by atoms with van der Waals surface area (Å²) in [4.78, 5) is 23.4. The number of aliphatic imine (C=N–C) groups is 1. The highest BCUT2D eigenvalue weighted by Gasteiger charge is 2.24. The molecule has 0 saturated carbocycles. The second-order valence-electron chi connectivity index (χ2n) is 7.96. The molecule has 0 unspecified atom stereocenters. The average Bonchev–Trinajstić information content (AvgIpc) is 2.78. The van der Waals surface area contributed by atoms with E-state index in [0.717, 1.165) is 63.6 Å². The van der Waals surface area contributed by atoms with E-state index in [0.29, 0.717) is 18.7 Å². The molecule has 2 saturated heterocycles. The second-order valence-corrected chi connectivity index (χ2v) is 7.96. The van der Waals surface area contributed by atoms with Crippen molar-refractivity contribution in [1.29, 1.82) is 0 Å². The van der Waals surface area contributed by atoms with Crippen LogP contribution in [0, 0.1) is 5.82 Å². The smallest absolute Gasteiger partial charge is 0.236 e. The first-order valence-electron chi connectivity index (χ1n) is 10.8. The molecule has 0 radical (unpaired) electrons. The third-order valence-electron chi connectivity index (χ3n) is 5.81. The van der Waals surface area contributed by atoms with E-state index < -0.39 is 0 Å². The van der Waals surface area contributed by atoms with Crippen molar-refractivity contribution in [1.82, 2.24) is 20.0 Å². The van der Waals surface area contributed by atoms with Crippen molar-refractivity contribution in [2.24, 2.45) is 4.99 Å². The van der Waals surface area contributed by atoms with Crippen molar-refractivity contribution in [2.45, 2.75) is 32.4 Å². The number of carbonyl (C=O) groups excluding carboxylic acids is 1. The number of piperazine rings is 1. The molecule has 30 heavy (non-hydrogen) atoms. The summed E-state index contributed by atoms with van der Waals surface area (Å²) in [6.45, 7) is 6.48. The molecule has 2 fully saturated rings. The van der Waals surface area contributed by atoms with Crippen LogP contribution in [0.15, 0.2) is 23.2 Å². The van der Waals surface area contributed by atoms with Gasteiger partial charge >= 0.3 is 0 Å². The van der Waals surface area contributed by atoms with Crippen LogP contribution in [0.5, 0.6) is 0 Å². The van der Waals surface area contributed by atoms with Gasteiger partial charge in [0.2, 0.25) is 5.91 Å². The van der Waals surface area contributed by atoms with E-state index in [4.69, 9.17) is 4.74 Å². The number of methoxy groups -OCH3 is 1. The standard InChI is InChI=1S/C22H34FN5O2/c1-24-22(25-15-18-6-7-20(23)19(14-18)17-30-2)28-12-10-26(11-13-28)16-21(29)27-8-4-3-5-9-27/h6-7,14H,3-5,8-13,15-17H2,1-2H3,(H,24,25). The minimum atomic E-state index is -0.250. The number of piperidine rings is 1. The van der Waals surface area contributed by atoms with Crippen molar-refractivity contribution >= 4 is 11.9 Å². The van der Waals surface area contributed by atoms with Crippen LogP contribution >= 0.6 is 0 Å². The number of nitrogens with zero attached hydrogens (tertiary/aromatic N) is 4. The van der Waals surface area contributed by atoms with Gasteiger partial charge in [-0.25, -0.2) is 4.39 Å². The Bertz CT molecular complexity index is 728. The number of nitrogens with one attached hydrogen (secondary N) is 1. The van der Waals surface area contributed by atoms with Crippen LogP contribution in [0.2, 0.25) is 0 Å². The van der Waals surface area contributed by atoms with Crippen molar-refractivity contribution in [3.63, 3.8) is 0 Å². The lowest BCUT2D eigenvalue weighted by atomic mass is 10.1. The Hall–Kier alpha value is -2.19. The van der Waals surface area contributed by atoms with Gasteiger partial charge in [0.15, 0.2) is 5.96 Å². The third-order valence-corrected chi connectivity index (χ3v) is 5.81. The molecule has 8 heteroatoms. The largest absolute Gasteiger partial charge is 0.380 e. The number of hydrogen-bond acceptors (Lipinski definition) is 4. The van der Waals surface area contributed by atoms with Crippen LogP contribution in [0.1, 0.15) is 30.4 Å². The minimum absolute atomic E-state index is 0.250. The highest BCUT2D eigenvalue weighted by Crippen LogP contribution is 2.13. The molecule has 0 aromatic heterocycles. The SMILES string of the molecule is CN=C(NCc1ccc(F)c(COC)c1)N1CCN(CC(=O)N2CCCCC2)CC1. The molecule has 1 amide bonds. The fourth-order valence-electron chi connectivity index (χ4n) is 4.07. The first-order valence-corrected chi connectivity index (χ1v) is 10.8. The zero-order valence-electron chi connectivity index (χ0n) is 18.2. The van der Waals surface area contributed by atoms with E-state index in [-0.39, 0.29) is 18.3 Å². The highest BCUT2D eigenvalue weighted by molar-refractivity contribution is 5.80. The lowest BCUT2D eigenvalue weighted by molar-refractivity contribution is -0.133. The van der Waals surface area contributed by atoms with E-state index in [1.54, 1.807) is 20.2 Å². The van der Waals surface area contributed by atoms with E-state index in [9.17, 15) is 9.18 Å². The molecule has 2 aliphatic rings. The predicted octanol–water partition coefficient (Wildman–Crippen LogP) is 1.68. The number of guanidine groups is 1. The Kier molecular flexibility index (Phi) is 8.45. The van der Waals surface area contributed by atoms with Gasteiger partial charge in [0.1, 0.15) is 5.82 Å². The number of benzene rings is 1. The maximum atomic E-state index is 13.8. The maximum absolute atomic E-state index is 13.8. The van der Waals surface area contributed by atoms with Gasteiger partial charge in [-0.1, -0.05) is 6.07 Å². The molecule has 0 spiro atoms. The molecule has 166 valence electrons. The van der Waals surface area contributed by atoms with Gasteiger partial charge in [-0.05, 0) is 37.0 Å². The Morgan fingerprint density at radius 3 is 2.50 bits per heavy atom. The van der Waals surface area contributed by atoms with Gasteiger partial charge in [-0.15, -0.1) is 0 Å². The Labute approximate surface area is 178 Å². The molecule has 1 aromatic rings. The summed E-state index contributed by atoms with van der Waals surface area (Å²) >= 11 is 0. The monoisotopic (exact) mass is 419 g/mol. The van der Waals surface area contributed by atoms with E-state index in [1.165, 1.54) is 12.5 Å². The first kappa shape index (κ1) is 22.5. The molecule has 0 aliphatic carbocycles. The highest BCUT2D eigenvalue weighted by atomic mass is 19.1. The third kappa shape index (κ3) is 6.15. The maximum Gasteiger partial charge on any atom is 0.236 e. The normalized spacial score (nSPS) is 18.6. The predicted molar refractivity (Wildman–Crippen MR) is 116 cm³/mol. The van der Waals surface area contributed by atoms with E-state index in [2.05, 4.69) is 20.1 Å². The van der Waals surface area contributed by atoms with Crippen LogP contribution in [0.25, 0.3) is 0 Å². The summed E-state index contributed by atoms with van der Waals surface area (Å²) < 4.78 is 18.9. The van der Waals surface area contributed by atoms with Gasteiger partial charge < -0.3 is 19.9 Å². The summed E-state index contributed by atoms with van der Waals surface area (Å²) in [6.07, 6.45) is 3.49. The van der Waals surface area contributed by atoms with E-state index >= 15 is 0 Å². The summed E-state index contributed by atoms with van der Waals surface area (Å²) in [5, 5.41) is 3.37. The number of hydrogen-bond donors (Lipinski definition) is 1. The average molecular weight is 420 g/mol. The lowest BCUT2D eigenvalue weighted by Crippen LogP contribution is -2.54. The van der Waals surface area contributed by atoms with Gasteiger partial charge in [0.05, 0.1) is 13.2 Å². The molecule has 2 heterocycles. The number of carbonyl (C=O) groups is 1. The number of amides is 1. The fourth-order valence-corrected chi connectivity index (χ4v) is 4.07. The summed E-state index contributed by atoms with van der Waals surface area (Å²) in [7, 11) is 3.33. The quantitative estimate of drug-likeness (QED) is 0.562. The molecular weight excluding hydrogens is 385 g/mol. The number of rotatable bonds is 6. The molecule has 0 atom stereocenters. The second kappa shape index (κ2) is 11.3. The van der Waals surface area contributed by atoms with Gasteiger partial charge in [0, 0.05) is 65.5 Å². The van der Waals surface area contributed by atoms with Crippen molar-refractivity contribution < 1.29 is 13.9 Å². The molecule has 1 N–H and O–H groups in total. The van der Waals surface area contributed by atoms with Crippen LogP contribution in [-0.4, -0.2) is 86.5 Å². The van der Waals surface area contributed by atoms with Crippen molar-refractivity contribution in [3.05, 3.63) is 35.1 Å². The molecule has 2 aliphatic heterocycles. The molecule has 7 nitrogen and oxygen atoms in total. The van der Waals surface area contributed by atoms with Gasteiger partial charge in [-0.2, -0.15) is 0 Å². The summed E-state index contributed by atoms with van der Waals surface area (Å²) in [6, 6.07) is 5.08. The van der Waals surface area contributed by atoms with Gasteiger partial charge in [0.25, 0.3) is 0 Å². The summed E-state index contributed by atoms with van der Waals surface area (Å²) in [5.41, 5.74) is 1.54.